The molecule has 32 heavy (non-hydrogen) atoms. The molecule has 0 spiro atoms. The predicted octanol–water partition coefficient (Wildman–Crippen LogP) is 1.18. The SMILES string of the molecule is CCN(CCN)c1ccc(C(=C2C=CC(=[N+](C)C)C=C2)c2ccc(N(C)C)cc2)cc1.[Cl-]. The Morgan fingerprint density at radius 3 is 1.72 bits per heavy atom. The summed E-state index contributed by atoms with van der Waals surface area (Å²) in [5.41, 5.74) is 14.3. The molecule has 2 N–H and O–H groups in total. The summed E-state index contributed by atoms with van der Waals surface area (Å²) in [6.07, 6.45) is 8.78. The van der Waals surface area contributed by atoms with Gasteiger partial charge < -0.3 is 27.9 Å². The molecule has 0 saturated heterocycles. The van der Waals surface area contributed by atoms with Crippen LogP contribution in [0.5, 0.6) is 0 Å². The van der Waals surface area contributed by atoms with Crippen molar-refractivity contribution in [3.8, 4) is 0 Å². The number of hydrogen-bond acceptors (Lipinski definition) is 3. The van der Waals surface area contributed by atoms with Crippen LogP contribution in [0.25, 0.3) is 5.57 Å². The van der Waals surface area contributed by atoms with E-state index in [4.69, 9.17) is 5.73 Å². The van der Waals surface area contributed by atoms with Crippen LogP contribution in [0.15, 0.2) is 78.4 Å². The van der Waals surface area contributed by atoms with E-state index in [-0.39, 0.29) is 12.4 Å². The number of nitrogens with zero attached hydrogens (tertiary/aromatic N) is 3. The molecule has 2 aromatic carbocycles. The quantitative estimate of drug-likeness (QED) is 0.643. The zero-order valence-electron chi connectivity index (χ0n) is 19.8. The van der Waals surface area contributed by atoms with Gasteiger partial charge in [0, 0.05) is 57.3 Å². The van der Waals surface area contributed by atoms with Crippen molar-refractivity contribution in [3.05, 3.63) is 89.5 Å². The van der Waals surface area contributed by atoms with Crippen LogP contribution in [-0.2, 0) is 0 Å². The summed E-state index contributed by atoms with van der Waals surface area (Å²) in [5, 5.41) is 0. The fraction of sp³-hybridized carbons (Fsp3) is 0.296. The molecule has 4 nitrogen and oxygen atoms in total. The molecule has 170 valence electrons. The lowest BCUT2D eigenvalue weighted by Crippen LogP contribution is -3.00. The average Bonchev–Trinajstić information content (AvgIpc) is 2.79. The summed E-state index contributed by atoms with van der Waals surface area (Å²) < 4.78 is 2.13. The molecule has 1 aliphatic rings. The first-order valence-corrected chi connectivity index (χ1v) is 10.9. The minimum atomic E-state index is 0. The van der Waals surface area contributed by atoms with Crippen molar-refractivity contribution in [1.82, 2.24) is 0 Å². The zero-order chi connectivity index (χ0) is 22.4. The molecule has 0 saturated carbocycles. The van der Waals surface area contributed by atoms with Crippen molar-refractivity contribution in [2.24, 2.45) is 5.73 Å². The molecule has 0 atom stereocenters. The third-order valence-electron chi connectivity index (χ3n) is 5.65. The number of likely N-dealkylation sites (N-methyl/N-ethyl adjacent to an activating group) is 1. The molecule has 0 unspecified atom stereocenters. The molecule has 2 aromatic rings. The van der Waals surface area contributed by atoms with E-state index in [0.29, 0.717) is 6.54 Å². The van der Waals surface area contributed by atoms with E-state index in [1.807, 2.05) is 0 Å². The van der Waals surface area contributed by atoms with Crippen LogP contribution in [-0.4, -0.2) is 58.1 Å². The molecule has 3 rings (SSSR count). The van der Waals surface area contributed by atoms with Gasteiger partial charge in [0.2, 0.25) is 0 Å². The second-order valence-corrected chi connectivity index (χ2v) is 8.17. The van der Waals surface area contributed by atoms with E-state index in [9.17, 15) is 0 Å². The van der Waals surface area contributed by atoms with E-state index < -0.39 is 0 Å². The van der Waals surface area contributed by atoms with Gasteiger partial charge in [0.1, 0.15) is 14.1 Å². The molecular formula is C27H35ClN4. The smallest absolute Gasteiger partial charge is 0.199 e. The Hall–Kier alpha value is -2.82. The van der Waals surface area contributed by atoms with Gasteiger partial charge >= 0.3 is 0 Å². The minimum Gasteiger partial charge on any atom is -1.00 e. The number of benzene rings is 2. The van der Waals surface area contributed by atoms with Gasteiger partial charge in [-0.25, -0.2) is 4.58 Å². The van der Waals surface area contributed by atoms with Gasteiger partial charge in [-0.3, -0.25) is 0 Å². The van der Waals surface area contributed by atoms with Gasteiger partial charge in [-0.2, -0.15) is 0 Å². The number of anilines is 2. The largest absolute Gasteiger partial charge is 1.00 e. The van der Waals surface area contributed by atoms with Gasteiger partial charge in [0.15, 0.2) is 5.71 Å². The fourth-order valence-corrected chi connectivity index (χ4v) is 3.82. The number of nitrogens with two attached hydrogens (primary N) is 1. The van der Waals surface area contributed by atoms with Crippen molar-refractivity contribution >= 4 is 22.7 Å². The normalized spacial score (nSPS) is 12.4. The molecule has 0 aromatic heterocycles. The standard InChI is InChI=1S/C27H35N4.ClH/c1-6-31(20-19-28)26-17-11-23(12-18-26)27(21-7-13-24(14-8-21)29(2)3)22-9-15-25(16-10-22)30(4)5;/h7-18H,6,19-20,28H2,1-5H3;1H/q+1;/p-1. The number of halogens is 1. The molecule has 0 heterocycles. The van der Waals surface area contributed by atoms with Crippen LogP contribution in [0, 0.1) is 0 Å². The second kappa shape index (κ2) is 11.7. The monoisotopic (exact) mass is 450 g/mol. The Bertz CT molecular complexity index is 991. The predicted molar refractivity (Wildman–Crippen MR) is 136 cm³/mol. The van der Waals surface area contributed by atoms with Crippen LogP contribution in [0.1, 0.15) is 18.1 Å². The second-order valence-electron chi connectivity index (χ2n) is 8.17. The van der Waals surface area contributed by atoms with Crippen LogP contribution in [0.4, 0.5) is 11.4 Å². The number of rotatable bonds is 7. The lowest BCUT2D eigenvalue weighted by Gasteiger charge is -2.23. The maximum absolute atomic E-state index is 5.79. The lowest BCUT2D eigenvalue weighted by molar-refractivity contribution is -0.462. The highest BCUT2D eigenvalue weighted by Gasteiger charge is 2.14. The van der Waals surface area contributed by atoms with Gasteiger partial charge in [0.05, 0.1) is 0 Å². The maximum Gasteiger partial charge on any atom is 0.199 e. The first kappa shape index (κ1) is 25.4. The number of allylic oxidation sites excluding steroid dienone is 5. The van der Waals surface area contributed by atoms with Crippen LogP contribution in [0.3, 0.4) is 0 Å². The summed E-state index contributed by atoms with van der Waals surface area (Å²) in [6, 6.07) is 17.6. The van der Waals surface area contributed by atoms with E-state index in [1.54, 1.807) is 0 Å². The summed E-state index contributed by atoms with van der Waals surface area (Å²) in [5.74, 6) is 0. The Morgan fingerprint density at radius 2 is 1.31 bits per heavy atom. The zero-order valence-corrected chi connectivity index (χ0v) is 20.6. The first-order valence-electron chi connectivity index (χ1n) is 10.9. The molecule has 0 aliphatic heterocycles. The molecular weight excluding hydrogens is 416 g/mol. The Kier molecular flexibility index (Phi) is 9.30. The molecule has 0 radical (unpaired) electrons. The fourth-order valence-electron chi connectivity index (χ4n) is 3.82. The Labute approximate surface area is 199 Å². The van der Waals surface area contributed by atoms with Crippen LogP contribution < -0.4 is 27.9 Å². The highest BCUT2D eigenvalue weighted by Crippen LogP contribution is 2.32. The van der Waals surface area contributed by atoms with Crippen LogP contribution >= 0.6 is 0 Å². The summed E-state index contributed by atoms with van der Waals surface area (Å²) in [4.78, 5) is 4.43. The molecule has 0 fully saturated rings. The molecule has 1 aliphatic carbocycles. The van der Waals surface area contributed by atoms with E-state index >= 15 is 0 Å². The van der Waals surface area contributed by atoms with E-state index in [0.717, 1.165) is 13.1 Å². The number of hydrogen-bond donors (Lipinski definition) is 1. The Morgan fingerprint density at radius 1 is 0.812 bits per heavy atom. The highest BCUT2D eigenvalue weighted by molar-refractivity contribution is 6.04. The Balaban J connectivity index is 0.00000363. The average molecular weight is 451 g/mol. The van der Waals surface area contributed by atoms with Crippen molar-refractivity contribution in [2.45, 2.75) is 6.92 Å². The maximum atomic E-state index is 5.79. The van der Waals surface area contributed by atoms with Gasteiger partial charge in [0.25, 0.3) is 0 Å². The van der Waals surface area contributed by atoms with Gasteiger partial charge in [-0.1, -0.05) is 24.3 Å². The van der Waals surface area contributed by atoms with Crippen molar-refractivity contribution in [1.29, 1.82) is 0 Å². The summed E-state index contributed by atoms with van der Waals surface area (Å²) in [6.45, 7) is 4.64. The molecule has 0 amide bonds. The lowest BCUT2D eigenvalue weighted by atomic mass is 9.90. The highest BCUT2D eigenvalue weighted by atomic mass is 35.5. The van der Waals surface area contributed by atoms with Crippen molar-refractivity contribution < 1.29 is 17.0 Å². The van der Waals surface area contributed by atoms with E-state index in [1.165, 1.54) is 39.4 Å². The molecule has 5 heteroatoms. The summed E-state index contributed by atoms with van der Waals surface area (Å²) in [7, 11) is 8.27. The third kappa shape index (κ3) is 5.90. The minimum absolute atomic E-state index is 0. The van der Waals surface area contributed by atoms with Gasteiger partial charge in [-0.15, -0.1) is 0 Å². The van der Waals surface area contributed by atoms with Crippen molar-refractivity contribution in [2.75, 3.05) is 57.6 Å². The topological polar surface area (TPSA) is 35.5 Å². The summed E-state index contributed by atoms with van der Waals surface area (Å²) >= 11 is 0. The van der Waals surface area contributed by atoms with Gasteiger partial charge in [-0.05, 0) is 65.6 Å². The van der Waals surface area contributed by atoms with E-state index in [2.05, 4.69) is 122 Å². The first-order chi connectivity index (χ1) is 14.9. The van der Waals surface area contributed by atoms with Crippen LogP contribution in [0.2, 0.25) is 0 Å². The van der Waals surface area contributed by atoms with Crippen molar-refractivity contribution in [3.63, 3.8) is 0 Å². The molecule has 0 bridgehead atoms. The third-order valence-corrected chi connectivity index (χ3v) is 5.65.